The van der Waals surface area contributed by atoms with E-state index >= 15 is 0 Å². The Kier molecular flexibility index (Phi) is 3.35. The van der Waals surface area contributed by atoms with Gasteiger partial charge in [0.05, 0.1) is 45.1 Å². The SMILES string of the molecule is COc1cc2c3c(c(OC)c4c(OC)cccc4c3c1OC)NC2=O. The molecular formula is C19H17NO5. The highest BCUT2D eigenvalue weighted by atomic mass is 16.5. The van der Waals surface area contributed by atoms with Gasteiger partial charge in [-0.15, -0.1) is 0 Å². The molecule has 1 aliphatic rings. The minimum absolute atomic E-state index is 0.200. The monoisotopic (exact) mass is 339 g/mol. The van der Waals surface area contributed by atoms with Crippen LogP contribution in [0.4, 0.5) is 5.69 Å². The van der Waals surface area contributed by atoms with E-state index in [0.29, 0.717) is 34.2 Å². The maximum Gasteiger partial charge on any atom is 0.256 e. The normalized spacial score (nSPS) is 12.4. The highest BCUT2D eigenvalue weighted by molar-refractivity contribution is 6.33. The summed E-state index contributed by atoms with van der Waals surface area (Å²) in [6.07, 6.45) is 0. The highest BCUT2D eigenvalue weighted by Gasteiger charge is 2.32. The Morgan fingerprint density at radius 2 is 1.52 bits per heavy atom. The number of ether oxygens (including phenoxy) is 4. The third-order valence-corrected chi connectivity index (χ3v) is 4.58. The number of carbonyl (C=O) groups is 1. The highest BCUT2D eigenvalue weighted by Crippen LogP contribution is 2.53. The van der Waals surface area contributed by atoms with Gasteiger partial charge in [-0.3, -0.25) is 4.79 Å². The largest absolute Gasteiger partial charge is 0.496 e. The van der Waals surface area contributed by atoms with Gasteiger partial charge in [0, 0.05) is 16.2 Å². The Morgan fingerprint density at radius 1 is 0.800 bits per heavy atom. The number of carbonyl (C=O) groups excluding carboxylic acids is 1. The summed E-state index contributed by atoms with van der Waals surface area (Å²) in [7, 11) is 6.31. The lowest BCUT2D eigenvalue weighted by atomic mass is 9.95. The van der Waals surface area contributed by atoms with Crippen molar-refractivity contribution in [3.8, 4) is 23.0 Å². The predicted octanol–water partition coefficient (Wildman–Crippen LogP) is 3.59. The summed E-state index contributed by atoms with van der Waals surface area (Å²) >= 11 is 0. The van der Waals surface area contributed by atoms with E-state index in [9.17, 15) is 4.79 Å². The van der Waals surface area contributed by atoms with Gasteiger partial charge in [-0.25, -0.2) is 0 Å². The zero-order valence-corrected chi connectivity index (χ0v) is 14.4. The molecule has 0 aromatic heterocycles. The molecule has 0 fully saturated rings. The molecule has 0 bridgehead atoms. The van der Waals surface area contributed by atoms with Crippen molar-refractivity contribution >= 4 is 33.1 Å². The van der Waals surface area contributed by atoms with Gasteiger partial charge in [0.15, 0.2) is 17.2 Å². The van der Waals surface area contributed by atoms with Crippen LogP contribution in [0.3, 0.4) is 0 Å². The molecule has 0 atom stereocenters. The molecule has 128 valence electrons. The maximum atomic E-state index is 12.5. The smallest absolute Gasteiger partial charge is 0.256 e. The standard InChI is InChI=1S/C19H17NO5/c1-22-11-7-5-6-9-13(11)18(25-4)16-14-10(19(21)20-16)8-12(23-2)17(24-3)15(9)14/h5-8H,1-4H3,(H,20,21). The lowest BCUT2D eigenvalue weighted by Crippen LogP contribution is -2.05. The molecule has 0 saturated carbocycles. The summed E-state index contributed by atoms with van der Waals surface area (Å²) in [4.78, 5) is 12.5. The van der Waals surface area contributed by atoms with E-state index in [2.05, 4.69) is 5.32 Å². The Labute approximate surface area is 144 Å². The number of rotatable bonds is 4. The van der Waals surface area contributed by atoms with E-state index in [1.807, 2.05) is 18.2 Å². The fourth-order valence-electron chi connectivity index (χ4n) is 3.58. The zero-order chi connectivity index (χ0) is 17.7. The Morgan fingerprint density at radius 3 is 2.16 bits per heavy atom. The van der Waals surface area contributed by atoms with Crippen LogP contribution in [0.2, 0.25) is 0 Å². The summed E-state index contributed by atoms with van der Waals surface area (Å²) < 4.78 is 22.3. The molecule has 0 aliphatic carbocycles. The second-order valence-electron chi connectivity index (χ2n) is 5.65. The third kappa shape index (κ3) is 1.88. The van der Waals surface area contributed by atoms with Crippen molar-refractivity contribution in [1.29, 1.82) is 0 Å². The van der Waals surface area contributed by atoms with Crippen LogP contribution >= 0.6 is 0 Å². The van der Waals surface area contributed by atoms with E-state index in [1.165, 1.54) is 0 Å². The zero-order valence-electron chi connectivity index (χ0n) is 14.4. The first kappa shape index (κ1) is 15.4. The van der Waals surface area contributed by atoms with Gasteiger partial charge in [-0.1, -0.05) is 12.1 Å². The minimum atomic E-state index is -0.200. The van der Waals surface area contributed by atoms with Gasteiger partial charge in [-0.2, -0.15) is 0 Å². The summed E-state index contributed by atoms with van der Waals surface area (Å²) in [5, 5.41) is 6.10. The van der Waals surface area contributed by atoms with Crippen molar-refractivity contribution in [2.45, 2.75) is 0 Å². The first-order chi connectivity index (χ1) is 12.2. The fraction of sp³-hybridized carbons (Fsp3) is 0.211. The quantitative estimate of drug-likeness (QED) is 0.736. The number of methoxy groups -OCH3 is 4. The Bertz CT molecular complexity index is 1040. The lowest BCUT2D eigenvalue weighted by Gasteiger charge is -2.18. The summed E-state index contributed by atoms with van der Waals surface area (Å²) in [5.74, 6) is 2.09. The molecule has 0 radical (unpaired) electrons. The van der Waals surface area contributed by atoms with Crippen LogP contribution in [0.5, 0.6) is 23.0 Å². The van der Waals surface area contributed by atoms with Crippen LogP contribution in [0.15, 0.2) is 24.3 Å². The predicted molar refractivity (Wildman–Crippen MR) is 95.6 cm³/mol. The van der Waals surface area contributed by atoms with Gasteiger partial charge in [0.1, 0.15) is 5.75 Å². The molecule has 0 spiro atoms. The van der Waals surface area contributed by atoms with E-state index in [-0.39, 0.29) is 5.91 Å². The topological polar surface area (TPSA) is 66.0 Å². The molecule has 6 nitrogen and oxygen atoms in total. The maximum absolute atomic E-state index is 12.5. The average Bonchev–Trinajstić information content (AvgIpc) is 2.97. The fourth-order valence-corrected chi connectivity index (χ4v) is 3.58. The first-order valence-corrected chi connectivity index (χ1v) is 7.72. The number of amides is 1. The summed E-state index contributed by atoms with van der Waals surface area (Å²) in [6, 6.07) is 7.39. The van der Waals surface area contributed by atoms with Crippen LogP contribution in [-0.2, 0) is 0 Å². The number of fused-ring (bicyclic) bond motifs is 2. The van der Waals surface area contributed by atoms with Gasteiger partial charge >= 0.3 is 0 Å². The lowest BCUT2D eigenvalue weighted by molar-refractivity contribution is 0.103. The molecule has 0 saturated heterocycles. The molecule has 4 rings (SSSR count). The van der Waals surface area contributed by atoms with Crippen LogP contribution in [0, 0.1) is 0 Å². The van der Waals surface area contributed by atoms with Crippen molar-refractivity contribution in [2.75, 3.05) is 33.8 Å². The van der Waals surface area contributed by atoms with Crippen LogP contribution in [-0.4, -0.2) is 34.3 Å². The molecule has 3 aromatic carbocycles. The Balaban J connectivity index is 2.36. The second-order valence-corrected chi connectivity index (χ2v) is 5.65. The summed E-state index contributed by atoms with van der Waals surface area (Å²) in [6.45, 7) is 0. The van der Waals surface area contributed by atoms with E-state index < -0.39 is 0 Å². The van der Waals surface area contributed by atoms with Crippen molar-refractivity contribution in [3.05, 3.63) is 29.8 Å². The van der Waals surface area contributed by atoms with Crippen LogP contribution < -0.4 is 24.3 Å². The third-order valence-electron chi connectivity index (χ3n) is 4.58. The number of hydrogen-bond acceptors (Lipinski definition) is 5. The first-order valence-electron chi connectivity index (χ1n) is 7.72. The van der Waals surface area contributed by atoms with Gasteiger partial charge in [-0.05, 0) is 12.1 Å². The summed E-state index contributed by atoms with van der Waals surface area (Å²) in [5.41, 5.74) is 1.15. The molecule has 1 N–H and O–H groups in total. The number of anilines is 1. The number of benzene rings is 3. The van der Waals surface area contributed by atoms with E-state index in [1.54, 1.807) is 34.5 Å². The molecule has 1 aliphatic heterocycles. The molecule has 0 unspecified atom stereocenters. The number of nitrogens with one attached hydrogen (secondary N) is 1. The molecular weight excluding hydrogens is 322 g/mol. The minimum Gasteiger partial charge on any atom is -0.496 e. The van der Waals surface area contributed by atoms with E-state index in [4.69, 9.17) is 18.9 Å². The molecule has 3 aromatic rings. The molecule has 1 amide bonds. The second kappa shape index (κ2) is 5.44. The molecule has 6 heteroatoms. The van der Waals surface area contributed by atoms with Crippen molar-refractivity contribution in [2.24, 2.45) is 0 Å². The molecule has 25 heavy (non-hydrogen) atoms. The van der Waals surface area contributed by atoms with E-state index in [0.717, 1.165) is 21.5 Å². The van der Waals surface area contributed by atoms with Gasteiger partial charge in [0.2, 0.25) is 0 Å². The van der Waals surface area contributed by atoms with Crippen LogP contribution in [0.1, 0.15) is 10.4 Å². The van der Waals surface area contributed by atoms with Crippen molar-refractivity contribution in [1.82, 2.24) is 0 Å². The Hall–Kier alpha value is -3.15. The van der Waals surface area contributed by atoms with Crippen molar-refractivity contribution < 1.29 is 23.7 Å². The number of hydrogen-bond donors (Lipinski definition) is 1. The average molecular weight is 339 g/mol. The molecule has 1 heterocycles. The van der Waals surface area contributed by atoms with Gasteiger partial charge in [0.25, 0.3) is 5.91 Å². The van der Waals surface area contributed by atoms with Crippen LogP contribution in [0.25, 0.3) is 21.5 Å². The van der Waals surface area contributed by atoms with Gasteiger partial charge < -0.3 is 24.3 Å². The van der Waals surface area contributed by atoms with Crippen molar-refractivity contribution in [3.63, 3.8) is 0 Å².